The van der Waals surface area contributed by atoms with Gasteiger partial charge in [-0.2, -0.15) is 5.26 Å². The van der Waals surface area contributed by atoms with Gasteiger partial charge >= 0.3 is 5.97 Å². The number of allylic oxidation sites excluding steroid dienone is 2. The molecule has 1 rings (SSSR count). The van der Waals surface area contributed by atoms with E-state index in [0.717, 1.165) is 11.6 Å². The second-order valence-corrected chi connectivity index (χ2v) is 2.79. The molecule has 0 radical (unpaired) electrons. The summed E-state index contributed by atoms with van der Waals surface area (Å²) < 4.78 is 0. The number of carboxylic acids is 1. The molecule has 0 saturated carbocycles. The van der Waals surface area contributed by atoms with Crippen molar-refractivity contribution in [3.8, 4) is 6.07 Å². The van der Waals surface area contributed by atoms with Gasteiger partial charge in [0.1, 0.15) is 0 Å². The molecule has 0 aliphatic heterocycles. The van der Waals surface area contributed by atoms with E-state index in [1.165, 1.54) is 6.08 Å². The van der Waals surface area contributed by atoms with Gasteiger partial charge in [-0.15, -0.1) is 0 Å². The maximum absolute atomic E-state index is 10.1. The smallest absolute Gasteiger partial charge is 0.328 e. The SMILES string of the molecule is N#Cc1ccc(/C=C/C=C\C(=O)O)cc1. The van der Waals surface area contributed by atoms with Gasteiger partial charge in [-0.3, -0.25) is 0 Å². The summed E-state index contributed by atoms with van der Waals surface area (Å²) in [6.07, 6.45) is 5.90. The minimum Gasteiger partial charge on any atom is -0.478 e. The number of hydrogen-bond donors (Lipinski definition) is 1. The van der Waals surface area contributed by atoms with Crippen molar-refractivity contribution in [2.24, 2.45) is 0 Å². The summed E-state index contributed by atoms with van der Waals surface area (Å²) in [6.45, 7) is 0. The molecule has 0 spiro atoms. The zero-order valence-corrected chi connectivity index (χ0v) is 7.92. The lowest BCUT2D eigenvalue weighted by molar-refractivity contribution is -0.131. The summed E-state index contributed by atoms with van der Waals surface area (Å²) in [5, 5.41) is 16.9. The summed E-state index contributed by atoms with van der Waals surface area (Å²) >= 11 is 0. The summed E-state index contributed by atoms with van der Waals surface area (Å²) in [5.74, 6) is -0.973. The lowest BCUT2D eigenvalue weighted by Gasteiger charge is -1.91. The van der Waals surface area contributed by atoms with Crippen LogP contribution in [0.1, 0.15) is 11.1 Å². The van der Waals surface area contributed by atoms with E-state index in [2.05, 4.69) is 0 Å². The maximum Gasteiger partial charge on any atom is 0.328 e. The first kappa shape index (κ1) is 10.7. The topological polar surface area (TPSA) is 61.1 Å². The molecular weight excluding hydrogens is 190 g/mol. The van der Waals surface area contributed by atoms with Crippen LogP contribution in [0, 0.1) is 11.3 Å². The number of carboxylic acid groups (broad SMARTS) is 1. The first-order chi connectivity index (χ1) is 7.22. The van der Waals surface area contributed by atoms with Crippen molar-refractivity contribution in [3.05, 3.63) is 53.6 Å². The normalized spacial score (nSPS) is 10.6. The quantitative estimate of drug-likeness (QED) is 0.599. The fraction of sp³-hybridized carbons (Fsp3) is 0. The Morgan fingerprint density at radius 2 is 1.93 bits per heavy atom. The minimum absolute atomic E-state index is 0.605. The van der Waals surface area contributed by atoms with Crippen molar-refractivity contribution in [2.75, 3.05) is 0 Å². The van der Waals surface area contributed by atoms with Crippen molar-refractivity contribution < 1.29 is 9.90 Å². The molecule has 0 bridgehead atoms. The fourth-order valence-corrected chi connectivity index (χ4v) is 0.973. The number of rotatable bonds is 3. The van der Waals surface area contributed by atoms with Gasteiger partial charge in [0.25, 0.3) is 0 Å². The van der Waals surface area contributed by atoms with Crippen molar-refractivity contribution in [1.82, 2.24) is 0 Å². The van der Waals surface area contributed by atoms with Gasteiger partial charge in [0.15, 0.2) is 0 Å². The highest BCUT2D eigenvalue weighted by molar-refractivity contribution is 5.80. The van der Waals surface area contributed by atoms with Gasteiger partial charge in [-0.05, 0) is 17.7 Å². The van der Waals surface area contributed by atoms with Gasteiger partial charge in [0, 0.05) is 6.08 Å². The van der Waals surface area contributed by atoms with Crippen LogP contribution in [-0.2, 0) is 4.79 Å². The Morgan fingerprint density at radius 1 is 1.27 bits per heavy atom. The van der Waals surface area contributed by atoms with Crippen LogP contribution in [0.2, 0.25) is 0 Å². The van der Waals surface area contributed by atoms with E-state index in [1.54, 1.807) is 36.4 Å². The molecule has 0 heterocycles. The third-order valence-electron chi connectivity index (χ3n) is 1.68. The first-order valence-electron chi connectivity index (χ1n) is 4.30. The third kappa shape index (κ3) is 3.92. The van der Waals surface area contributed by atoms with Crippen molar-refractivity contribution in [2.45, 2.75) is 0 Å². The highest BCUT2D eigenvalue weighted by Crippen LogP contribution is 2.04. The lowest BCUT2D eigenvalue weighted by atomic mass is 10.1. The molecule has 0 aliphatic carbocycles. The van der Waals surface area contributed by atoms with E-state index in [-0.39, 0.29) is 0 Å². The van der Waals surface area contributed by atoms with Crippen LogP contribution in [0.4, 0.5) is 0 Å². The van der Waals surface area contributed by atoms with E-state index in [4.69, 9.17) is 10.4 Å². The minimum atomic E-state index is -0.973. The van der Waals surface area contributed by atoms with Gasteiger partial charge in [0.05, 0.1) is 11.6 Å². The largest absolute Gasteiger partial charge is 0.478 e. The zero-order valence-electron chi connectivity index (χ0n) is 7.92. The Bertz CT molecular complexity index is 436. The van der Waals surface area contributed by atoms with Crippen LogP contribution >= 0.6 is 0 Å². The molecule has 0 unspecified atom stereocenters. The lowest BCUT2D eigenvalue weighted by Crippen LogP contribution is -1.84. The predicted octanol–water partition coefficient (Wildman–Crippen LogP) is 2.21. The van der Waals surface area contributed by atoms with E-state index in [9.17, 15) is 4.79 Å². The fourth-order valence-electron chi connectivity index (χ4n) is 0.973. The molecule has 0 aromatic heterocycles. The van der Waals surface area contributed by atoms with Crippen LogP contribution in [0.5, 0.6) is 0 Å². The number of carbonyl (C=O) groups is 1. The molecule has 3 nitrogen and oxygen atoms in total. The van der Waals surface area contributed by atoms with Gasteiger partial charge in [0.2, 0.25) is 0 Å². The van der Waals surface area contributed by atoms with E-state index >= 15 is 0 Å². The molecule has 3 heteroatoms. The van der Waals surface area contributed by atoms with E-state index < -0.39 is 5.97 Å². The number of nitrogens with zero attached hydrogens (tertiary/aromatic N) is 1. The van der Waals surface area contributed by atoms with Crippen LogP contribution < -0.4 is 0 Å². The molecule has 0 amide bonds. The molecule has 0 atom stereocenters. The average molecular weight is 199 g/mol. The van der Waals surface area contributed by atoms with Crippen molar-refractivity contribution >= 4 is 12.0 Å². The van der Waals surface area contributed by atoms with Gasteiger partial charge in [-0.1, -0.05) is 30.4 Å². The van der Waals surface area contributed by atoms with Crippen LogP contribution in [0.3, 0.4) is 0 Å². The molecular formula is C12H9NO2. The average Bonchev–Trinajstić information content (AvgIpc) is 2.25. The first-order valence-corrected chi connectivity index (χ1v) is 4.30. The summed E-state index contributed by atoms with van der Waals surface area (Å²) in [7, 11) is 0. The Balaban J connectivity index is 2.66. The van der Waals surface area contributed by atoms with Crippen LogP contribution in [-0.4, -0.2) is 11.1 Å². The second-order valence-electron chi connectivity index (χ2n) is 2.79. The highest BCUT2D eigenvalue weighted by atomic mass is 16.4. The molecule has 0 aliphatic rings. The Hall–Kier alpha value is -2.34. The predicted molar refractivity (Wildman–Crippen MR) is 57.0 cm³/mol. The standard InChI is InChI=1S/C12H9NO2/c13-9-11-7-5-10(6-8-11)3-1-2-4-12(14)15/h1-8H,(H,14,15)/b3-1+,4-2-. The number of nitriles is 1. The Kier molecular flexibility index (Phi) is 3.87. The zero-order chi connectivity index (χ0) is 11.1. The van der Waals surface area contributed by atoms with Crippen molar-refractivity contribution in [1.29, 1.82) is 5.26 Å². The molecule has 0 saturated heterocycles. The molecule has 15 heavy (non-hydrogen) atoms. The Morgan fingerprint density at radius 3 is 2.47 bits per heavy atom. The molecule has 0 fully saturated rings. The molecule has 1 aromatic carbocycles. The summed E-state index contributed by atoms with van der Waals surface area (Å²) in [6, 6.07) is 9.03. The Labute approximate surface area is 87.6 Å². The summed E-state index contributed by atoms with van der Waals surface area (Å²) in [5.41, 5.74) is 1.53. The van der Waals surface area contributed by atoms with Gasteiger partial charge in [-0.25, -0.2) is 4.79 Å². The second kappa shape index (κ2) is 5.40. The monoisotopic (exact) mass is 199 g/mol. The van der Waals surface area contributed by atoms with Gasteiger partial charge < -0.3 is 5.11 Å². The number of hydrogen-bond acceptors (Lipinski definition) is 2. The third-order valence-corrected chi connectivity index (χ3v) is 1.68. The maximum atomic E-state index is 10.1. The molecule has 1 aromatic rings. The molecule has 74 valence electrons. The highest BCUT2D eigenvalue weighted by Gasteiger charge is 1.88. The molecule has 1 N–H and O–H groups in total. The van der Waals surface area contributed by atoms with E-state index in [1.807, 2.05) is 6.07 Å². The van der Waals surface area contributed by atoms with Crippen LogP contribution in [0.15, 0.2) is 42.5 Å². The van der Waals surface area contributed by atoms with Crippen LogP contribution in [0.25, 0.3) is 6.08 Å². The summed E-state index contributed by atoms with van der Waals surface area (Å²) in [4.78, 5) is 10.1. The number of benzene rings is 1. The number of aliphatic carboxylic acids is 1. The van der Waals surface area contributed by atoms with E-state index in [0.29, 0.717) is 5.56 Å². The van der Waals surface area contributed by atoms with Crippen molar-refractivity contribution in [3.63, 3.8) is 0 Å².